The number of carbonyl (C=O) groups excluding carboxylic acids is 2. The normalized spacial score (nSPS) is 29.1. The number of hydrogen-bond donors (Lipinski definition) is 2. The molecule has 0 spiro atoms. The second-order valence-electron chi connectivity index (χ2n) is 6.89. The largest absolute Gasteiger partial charge is 0.353 e. The molecule has 0 aromatic heterocycles. The molecule has 126 valence electrons. The van der Waals surface area contributed by atoms with Gasteiger partial charge in [0.1, 0.15) is 0 Å². The maximum absolute atomic E-state index is 12.4. The summed E-state index contributed by atoms with van der Waals surface area (Å²) in [6, 6.07) is 9.02. The summed E-state index contributed by atoms with van der Waals surface area (Å²) in [5, 5.41) is 15.1. The van der Waals surface area contributed by atoms with E-state index in [4.69, 9.17) is 5.26 Å². The molecule has 4 unspecified atom stereocenters. The average Bonchev–Trinajstić information content (AvgIpc) is 2.60. The van der Waals surface area contributed by atoms with Crippen LogP contribution in [-0.4, -0.2) is 23.9 Å². The molecule has 1 aliphatic carbocycles. The van der Waals surface area contributed by atoms with E-state index in [9.17, 15) is 9.59 Å². The molecule has 3 rings (SSSR count). The van der Waals surface area contributed by atoms with Gasteiger partial charge in [-0.3, -0.25) is 9.59 Å². The fourth-order valence-corrected chi connectivity index (χ4v) is 4.16. The highest BCUT2D eigenvalue weighted by Crippen LogP contribution is 2.37. The molecule has 5 heteroatoms. The standard InChI is InChI=1S/C19H23N3O2/c1-2-13-9-18(23)22-17-10-15(6-7-16(13)17)21-19(24)14-5-3-4-12(8-14)11-20/h3-5,8,13,15-17H,2,6-7,9-10H2,1H3,(H,21,24)(H,22,23). The molecule has 5 nitrogen and oxygen atoms in total. The number of benzene rings is 1. The van der Waals surface area contributed by atoms with Crippen molar-refractivity contribution in [2.75, 3.05) is 0 Å². The zero-order valence-electron chi connectivity index (χ0n) is 13.9. The quantitative estimate of drug-likeness (QED) is 0.895. The second-order valence-corrected chi connectivity index (χ2v) is 6.89. The SMILES string of the molecule is CCC1CC(=O)NC2CC(NC(=O)c3cccc(C#N)c3)CCC12. The van der Waals surface area contributed by atoms with Gasteiger partial charge in [0, 0.05) is 24.1 Å². The Morgan fingerprint density at radius 1 is 1.42 bits per heavy atom. The van der Waals surface area contributed by atoms with E-state index in [-0.39, 0.29) is 23.9 Å². The summed E-state index contributed by atoms with van der Waals surface area (Å²) in [4.78, 5) is 24.3. The van der Waals surface area contributed by atoms with Gasteiger partial charge in [-0.1, -0.05) is 19.4 Å². The van der Waals surface area contributed by atoms with Crippen LogP contribution in [0.1, 0.15) is 54.9 Å². The minimum absolute atomic E-state index is 0.0698. The highest BCUT2D eigenvalue weighted by Gasteiger charge is 2.40. The van der Waals surface area contributed by atoms with Gasteiger partial charge >= 0.3 is 0 Å². The van der Waals surface area contributed by atoms with Gasteiger partial charge in [-0.15, -0.1) is 0 Å². The molecule has 1 aliphatic heterocycles. The van der Waals surface area contributed by atoms with Gasteiger partial charge in [-0.05, 0) is 49.3 Å². The maximum Gasteiger partial charge on any atom is 0.251 e. The van der Waals surface area contributed by atoms with Crippen LogP contribution in [0.25, 0.3) is 0 Å². The smallest absolute Gasteiger partial charge is 0.251 e. The number of nitrogens with zero attached hydrogens (tertiary/aromatic N) is 1. The van der Waals surface area contributed by atoms with Crippen molar-refractivity contribution in [3.05, 3.63) is 35.4 Å². The van der Waals surface area contributed by atoms with Gasteiger partial charge in [-0.2, -0.15) is 5.26 Å². The monoisotopic (exact) mass is 325 g/mol. The van der Waals surface area contributed by atoms with Crippen LogP contribution in [0.3, 0.4) is 0 Å². The van der Waals surface area contributed by atoms with Crippen molar-refractivity contribution in [2.45, 2.75) is 51.1 Å². The van der Waals surface area contributed by atoms with E-state index >= 15 is 0 Å². The molecule has 2 fully saturated rings. The predicted molar refractivity (Wildman–Crippen MR) is 90.1 cm³/mol. The number of amides is 2. The lowest BCUT2D eigenvalue weighted by molar-refractivity contribution is -0.127. The fraction of sp³-hybridized carbons (Fsp3) is 0.526. The highest BCUT2D eigenvalue weighted by atomic mass is 16.2. The Bertz CT molecular complexity index is 679. The zero-order valence-corrected chi connectivity index (χ0v) is 13.9. The minimum atomic E-state index is -0.148. The van der Waals surface area contributed by atoms with Crippen molar-refractivity contribution in [3.8, 4) is 6.07 Å². The van der Waals surface area contributed by atoms with Crippen LogP contribution >= 0.6 is 0 Å². The molecule has 1 heterocycles. The summed E-state index contributed by atoms with van der Waals surface area (Å²) in [6.45, 7) is 2.15. The molecule has 2 amide bonds. The molecule has 1 saturated carbocycles. The molecular formula is C19H23N3O2. The Morgan fingerprint density at radius 2 is 2.25 bits per heavy atom. The first kappa shape index (κ1) is 16.5. The van der Waals surface area contributed by atoms with Crippen LogP contribution in [0.15, 0.2) is 24.3 Å². The summed E-state index contributed by atoms with van der Waals surface area (Å²) in [5.41, 5.74) is 0.993. The van der Waals surface area contributed by atoms with Crippen molar-refractivity contribution in [1.29, 1.82) is 5.26 Å². The third-order valence-electron chi connectivity index (χ3n) is 5.42. The number of nitrogens with one attached hydrogen (secondary N) is 2. The lowest BCUT2D eigenvalue weighted by Gasteiger charge is -2.44. The molecule has 2 N–H and O–H groups in total. The number of rotatable bonds is 3. The van der Waals surface area contributed by atoms with E-state index in [1.807, 2.05) is 0 Å². The van der Waals surface area contributed by atoms with E-state index < -0.39 is 0 Å². The van der Waals surface area contributed by atoms with Gasteiger partial charge in [0.15, 0.2) is 0 Å². The molecule has 1 saturated heterocycles. The fourth-order valence-electron chi connectivity index (χ4n) is 4.16. The number of nitriles is 1. The van der Waals surface area contributed by atoms with E-state index in [0.29, 0.717) is 29.4 Å². The molecule has 1 aromatic rings. The van der Waals surface area contributed by atoms with Crippen LogP contribution in [0.5, 0.6) is 0 Å². The van der Waals surface area contributed by atoms with Gasteiger partial charge in [0.2, 0.25) is 5.91 Å². The highest BCUT2D eigenvalue weighted by molar-refractivity contribution is 5.94. The molecule has 4 atom stereocenters. The topological polar surface area (TPSA) is 82.0 Å². The van der Waals surface area contributed by atoms with Crippen LogP contribution < -0.4 is 10.6 Å². The summed E-state index contributed by atoms with van der Waals surface area (Å²) < 4.78 is 0. The van der Waals surface area contributed by atoms with E-state index in [0.717, 1.165) is 25.7 Å². The van der Waals surface area contributed by atoms with Crippen molar-refractivity contribution in [2.24, 2.45) is 11.8 Å². The van der Waals surface area contributed by atoms with E-state index in [1.54, 1.807) is 24.3 Å². The third kappa shape index (κ3) is 3.43. The van der Waals surface area contributed by atoms with Crippen LogP contribution in [-0.2, 0) is 4.79 Å². The third-order valence-corrected chi connectivity index (χ3v) is 5.42. The van der Waals surface area contributed by atoms with Crippen molar-refractivity contribution >= 4 is 11.8 Å². The van der Waals surface area contributed by atoms with Crippen LogP contribution in [0, 0.1) is 23.2 Å². The summed E-state index contributed by atoms with van der Waals surface area (Å²) in [7, 11) is 0. The Balaban J connectivity index is 1.64. The summed E-state index contributed by atoms with van der Waals surface area (Å²) in [5.74, 6) is 0.983. The maximum atomic E-state index is 12.4. The molecular weight excluding hydrogens is 302 g/mol. The summed E-state index contributed by atoms with van der Waals surface area (Å²) >= 11 is 0. The van der Waals surface area contributed by atoms with Crippen molar-refractivity contribution < 1.29 is 9.59 Å². The van der Waals surface area contributed by atoms with Crippen LogP contribution in [0.2, 0.25) is 0 Å². The Kier molecular flexibility index (Phi) is 4.84. The van der Waals surface area contributed by atoms with Gasteiger partial charge in [0.25, 0.3) is 5.91 Å². The number of fused-ring (bicyclic) bond motifs is 1. The van der Waals surface area contributed by atoms with Crippen molar-refractivity contribution in [3.63, 3.8) is 0 Å². The Hall–Kier alpha value is -2.35. The lowest BCUT2D eigenvalue weighted by atomic mass is 9.70. The number of carbonyl (C=O) groups is 2. The first-order chi connectivity index (χ1) is 11.6. The molecule has 1 aromatic carbocycles. The Morgan fingerprint density at radius 3 is 3.00 bits per heavy atom. The molecule has 0 radical (unpaired) electrons. The van der Waals surface area contributed by atoms with Crippen LogP contribution in [0.4, 0.5) is 0 Å². The summed E-state index contributed by atoms with van der Waals surface area (Å²) in [6.07, 6.45) is 4.43. The predicted octanol–water partition coefficient (Wildman–Crippen LogP) is 2.37. The molecule has 2 aliphatic rings. The first-order valence-electron chi connectivity index (χ1n) is 8.71. The van der Waals surface area contributed by atoms with Crippen molar-refractivity contribution in [1.82, 2.24) is 10.6 Å². The zero-order chi connectivity index (χ0) is 17.1. The first-order valence-corrected chi connectivity index (χ1v) is 8.71. The lowest BCUT2D eigenvalue weighted by Crippen LogP contribution is -2.55. The second kappa shape index (κ2) is 7.04. The average molecular weight is 325 g/mol. The van der Waals surface area contributed by atoms with E-state index in [1.165, 1.54) is 0 Å². The van der Waals surface area contributed by atoms with Gasteiger partial charge in [0.05, 0.1) is 11.6 Å². The molecule has 0 bridgehead atoms. The minimum Gasteiger partial charge on any atom is -0.353 e. The number of piperidine rings is 1. The van der Waals surface area contributed by atoms with Gasteiger partial charge < -0.3 is 10.6 Å². The van der Waals surface area contributed by atoms with Gasteiger partial charge in [-0.25, -0.2) is 0 Å². The molecule has 24 heavy (non-hydrogen) atoms. The Labute approximate surface area is 142 Å². The number of hydrogen-bond acceptors (Lipinski definition) is 3. The van der Waals surface area contributed by atoms with E-state index in [2.05, 4.69) is 23.6 Å².